The molecule has 0 rings (SSSR count). The Balaban J connectivity index is 3.53. The van der Waals surface area contributed by atoms with Crippen molar-refractivity contribution in [1.82, 2.24) is 0 Å². The van der Waals surface area contributed by atoms with Crippen LogP contribution in [0.5, 0.6) is 0 Å². The first kappa shape index (κ1) is 8.74. The summed E-state index contributed by atoms with van der Waals surface area (Å²) in [4.78, 5) is 20.2. The maximum Gasteiger partial charge on any atom is 0.404 e. The number of primary amides is 2. The van der Waals surface area contributed by atoms with Gasteiger partial charge in [-0.1, -0.05) is 0 Å². The highest BCUT2D eigenvalue weighted by atomic mass is 16.6. The van der Waals surface area contributed by atoms with Crippen LogP contribution in [0.2, 0.25) is 0 Å². The third-order valence-electron chi connectivity index (χ3n) is 0.806. The van der Waals surface area contributed by atoms with Crippen molar-refractivity contribution in [2.75, 3.05) is 0 Å². The van der Waals surface area contributed by atoms with Crippen molar-refractivity contribution in [3.63, 3.8) is 0 Å². The minimum absolute atomic E-state index is 0.00292. The van der Waals surface area contributed by atoms with E-state index >= 15 is 0 Å². The fraction of sp³-hybridized carbons (Fsp3) is 0.600. The first-order chi connectivity index (χ1) is 4.52. The molecule has 10 heavy (non-hydrogen) atoms. The van der Waals surface area contributed by atoms with Gasteiger partial charge in [0, 0.05) is 0 Å². The molecular formula is C5H10N2O3. The molecule has 58 valence electrons. The molecule has 5 nitrogen and oxygen atoms in total. The number of hydrogen-bond donors (Lipinski definition) is 2. The van der Waals surface area contributed by atoms with Crippen LogP contribution in [0.15, 0.2) is 0 Å². The fourth-order valence-corrected chi connectivity index (χ4v) is 0.523. The van der Waals surface area contributed by atoms with E-state index in [-0.39, 0.29) is 6.42 Å². The van der Waals surface area contributed by atoms with E-state index in [1.807, 2.05) is 0 Å². The number of nitrogens with two attached hydrogens (primary N) is 2. The van der Waals surface area contributed by atoms with Crippen LogP contribution in [-0.4, -0.2) is 18.1 Å². The van der Waals surface area contributed by atoms with Gasteiger partial charge in [0.1, 0.15) is 6.10 Å². The van der Waals surface area contributed by atoms with Crippen LogP contribution in [0.25, 0.3) is 0 Å². The van der Waals surface area contributed by atoms with Crippen LogP contribution in [0, 0.1) is 0 Å². The molecular weight excluding hydrogens is 136 g/mol. The second-order valence-electron chi connectivity index (χ2n) is 1.92. The smallest absolute Gasteiger partial charge is 0.404 e. The second-order valence-corrected chi connectivity index (χ2v) is 1.92. The Morgan fingerprint density at radius 1 is 1.50 bits per heavy atom. The molecule has 0 saturated carbocycles. The van der Waals surface area contributed by atoms with Crippen molar-refractivity contribution in [3.8, 4) is 0 Å². The van der Waals surface area contributed by atoms with Crippen LogP contribution in [0.3, 0.4) is 0 Å². The van der Waals surface area contributed by atoms with Crippen LogP contribution >= 0.6 is 0 Å². The van der Waals surface area contributed by atoms with E-state index in [0.717, 1.165) is 0 Å². The summed E-state index contributed by atoms with van der Waals surface area (Å²) in [7, 11) is 0. The number of carbonyl (C=O) groups is 2. The summed E-state index contributed by atoms with van der Waals surface area (Å²) in [5, 5.41) is 0. The van der Waals surface area contributed by atoms with E-state index in [1.165, 1.54) is 6.92 Å². The van der Waals surface area contributed by atoms with Crippen LogP contribution in [0.1, 0.15) is 13.3 Å². The predicted octanol–water partition coefficient (Wildman–Crippen LogP) is -0.654. The molecule has 0 heterocycles. The van der Waals surface area contributed by atoms with E-state index in [0.29, 0.717) is 0 Å². The Kier molecular flexibility index (Phi) is 3.24. The van der Waals surface area contributed by atoms with Crippen molar-refractivity contribution in [1.29, 1.82) is 0 Å². The topological polar surface area (TPSA) is 95.4 Å². The molecule has 0 aliphatic carbocycles. The SMILES string of the molecule is CC(CC(N)=O)OC(N)=O. The Morgan fingerprint density at radius 3 is 2.30 bits per heavy atom. The molecule has 0 radical (unpaired) electrons. The number of amides is 2. The Morgan fingerprint density at radius 2 is 2.00 bits per heavy atom. The van der Waals surface area contributed by atoms with Gasteiger partial charge in [0.2, 0.25) is 5.91 Å². The minimum Gasteiger partial charge on any atom is -0.446 e. The molecule has 0 fully saturated rings. The Labute approximate surface area is 58.3 Å². The Hall–Kier alpha value is -1.26. The van der Waals surface area contributed by atoms with Crippen molar-refractivity contribution >= 4 is 12.0 Å². The summed E-state index contributed by atoms with van der Waals surface area (Å²) in [6.45, 7) is 1.54. The molecule has 0 aromatic heterocycles. The summed E-state index contributed by atoms with van der Waals surface area (Å²) in [6, 6.07) is 0. The van der Waals surface area contributed by atoms with Gasteiger partial charge in [0.15, 0.2) is 0 Å². The number of carbonyl (C=O) groups excluding carboxylic acids is 2. The summed E-state index contributed by atoms with van der Waals surface area (Å²) in [6.07, 6.45) is -1.42. The lowest BCUT2D eigenvalue weighted by Crippen LogP contribution is -2.25. The summed E-state index contributed by atoms with van der Waals surface area (Å²) >= 11 is 0. The molecule has 4 N–H and O–H groups in total. The normalized spacial score (nSPS) is 12.1. The number of ether oxygens (including phenoxy) is 1. The zero-order valence-electron chi connectivity index (χ0n) is 5.66. The van der Waals surface area contributed by atoms with E-state index < -0.39 is 18.1 Å². The van der Waals surface area contributed by atoms with Crippen LogP contribution in [0.4, 0.5) is 4.79 Å². The molecule has 0 aromatic rings. The van der Waals surface area contributed by atoms with E-state index in [4.69, 9.17) is 5.73 Å². The van der Waals surface area contributed by atoms with Gasteiger partial charge in [-0.25, -0.2) is 4.79 Å². The monoisotopic (exact) mass is 146 g/mol. The minimum atomic E-state index is -0.895. The highest BCUT2D eigenvalue weighted by molar-refractivity contribution is 5.74. The molecule has 0 aliphatic rings. The van der Waals surface area contributed by atoms with Gasteiger partial charge in [0.05, 0.1) is 6.42 Å². The van der Waals surface area contributed by atoms with Crippen molar-refractivity contribution in [2.24, 2.45) is 11.5 Å². The zero-order valence-corrected chi connectivity index (χ0v) is 5.66. The second kappa shape index (κ2) is 3.71. The van der Waals surface area contributed by atoms with Gasteiger partial charge in [0.25, 0.3) is 0 Å². The molecule has 0 spiro atoms. The van der Waals surface area contributed by atoms with Crippen molar-refractivity contribution < 1.29 is 14.3 Å². The average molecular weight is 146 g/mol. The highest BCUT2D eigenvalue weighted by Gasteiger charge is 2.08. The fourth-order valence-electron chi connectivity index (χ4n) is 0.523. The molecule has 0 saturated heterocycles. The zero-order chi connectivity index (χ0) is 8.15. The maximum absolute atomic E-state index is 10.2. The largest absolute Gasteiger partial charge is 0.446 e. The van der Waals surface area contributed by atoms with Gasteiger partial charge in [-0.3, -0.25) is 4.79 Å². The molecule has 1 atom stereocenters. The molecule has 1 unspecified atom stereocenters. The lowest BCUT2D eigenvalue weighted by molar-refractivity contribution is -0.119. The van der Waals surface area contributed by atoms with Crippen LogP contribution < -0.4 is 11.5 Å². The van der Waals surface area contributed by atoms with E-state index in [1.54, 1.807) is 0 Å². The third-order valence-corrected chi connectivity index (χ3v) is 0.806. The first-order valence-electron chi connectivity index (χ1n) is 2.76. The van der Waals surface area contributed by atoms with E-state index in [2.05, 4.69) is 10.5 Å². The van der Waals surface area contributed by atoms with Crippen molar-refractivity contribution in [3.05, 3.63) is 0 Å². The molecule has 5 heteroatoms. The van der Waals surface area contributed by atoms with Gasteiger partial charge in [-0.15, -0.1) is 0 Å². The lowest BCUT2D eigenvalue weighted by Gasteiger charge is -2.07. The highest BCUT2D eigenvalue weighted by Crippen LogP contribution is 1.94. The molecule has 0 bridgehead atoms. The quantitative estimate of drug-likeness (QED) is 0.553. The third kappa shape index (κ3) is 4.89. The first-order valence-corrected chi connectivity index (χ1v) is 2.76. The lowest BCUT2D eigenvalue weighted by atomic mass is 10.3. The molecule has 0 aromatic carbocycles. The summed E-state index contributed by atoms with van der Waals surface area (Å²) in [5.41, 5.74) is 9.45. The van der Waals surface area contributed by atoms with Gasteiger partial charge in [-0.2, -0.15) is 0 Å². The molecule has 2 amide bonds. The summed E-state index contributed by atoms with van der Waals surface area (Å²) < 4.78 is 4.40. The maximum atomic E-state index is 10.2. The number of hydrogen-bond acceptors (Lipinski definition) is 3. The Bertz CT molecular complexity index is 130. The summed E-state index contributed by atoms with van der Waals surface area (Å²) in [5.74, 6) is -0.520. The predicted molar refractivity (Wildman–Crippen MR) is 33.9 cm³/mol. The van der Waals surface area contributed by atoms with Crippen molar-refractivity contribution in [2.45, 2.75) is 19.4 Å². The average Bonchev–Trinajstić information content (AvgIpc) is 1.58. The van der Waals surface area contributed by atoms with Gasteiger partial charge < -0.3 is 16.2 Å². The van der Waals surface area contributed by atoms with E-state index in [9.17, 15) is 9.59 Å². The molecule has 0 aliphatic heterocycles. The number of rotatable bonds is 3. The standard InChI is InChI=1S/C5H10N2O3/c1-3(2-4(6)8)10-5(7)9/h3H,2H2,1H3,(H2,6,8)(H2,7,9). The van der Waals surface area contributed by atoms with Crippen LogP contribution in [-0.2, 0) is 9.53 Å². The van der Waals surface area contributed by atoms with Gasteiger partial charge in [-0.05, 0) is 6.92 Å². The van der Waals surface area contributed by atoms with Gasteiger partial charge >= 0.3 is 6.09 Å².